The van der Waals surface area contributed by atoms with E-state index in [-0.39, 0.29) is 29.9 Å². The van der Waals surface area contributed by atoms with Crippen molar-refractivity contribution in [1.82, 2.24) is 14.3 Å². The van der Waals surface area contributed by atoms with Crippen molar-refractivity contribution in [3.63, 3.8) is 0 Å². The molecule has 1 aromatic carbocycles. The Bertz CT molecular complexity index is 1340. The fraction of sp³-hybridized carbons (Fsp3) is 0.364. The van der Waals surface area contributed by atoms with Gasteiger partial charge in [0.25, 0.3) is 0 Å². The third-order valence-electron chi connectivity index (χ3n) is 5.46. The molecule has 1 N–H and O–H groups in total. The van der Waals surface area contributed by atoms with E-state index in [0.717, 1.165) is 24.0 Å². The summed E-state index contributed by atoms with van der Waals surface area (Å²) in [5, 5.41) is 0. The van der Waals surface area contributed by atoms with Gasteiger partial charge in [-0.15, -0.1) is 0 Å². The maximum atomic E-state index is 15.1. The van der Waals surface area contributed by atoms with Crippen molar-refractivity contribution in [3.8, 4) is 11.3 Å². The summed E-state index contributed by atoms with van der Waals surface area (Å²) < 4.78 is 67.6. The standard InChI is InChI=1S/C22H24F2N4O5S/c1-13-4-5-28-18(11-15-12-27(6-7-33-15)22(29)32-2)21(25-19(28)8-13)20-16(23)9-14(10-17(20)24)26-34(3,30)31/h4-5,8-10,15,26H,6-7,11-12H2,1-3H3/t15-/m0/s1. The van der Waals surface area contributed by atoms with E-state index < -0.39 is 33.9 Å². The van der Waals surface area contributed by atoms with E-state index in [4.69, 9.17) is 9.47 Å². The Kier molecular flexibility index (Phi) is 6.45. The summed E-state index contributed by atoms with van der Waals surface area (Å²) in [5.74, 6) is -1.93. The number of rotatable bonds is 5. The number of methoxy groups -OCH3 is 1. The maximum absolute atomic E-state index is 15.1. The molecule has 0 aliphatic carbocycles. The average Bonchev–Trinajstić information content (AvgIpc) is 3.08. The van der Waals surface area contributed by atoms with Crippen LogP contribution in [-0.2, 0) is 25.9 Å². The second-order valence-corrected chi connectivity index (χ2v) is 9.89. The van der Waals surface area contributed by atoms with Gasteiger partial charge in [-0.3, -0.25) is 4.72 Å². The van der Waals surface area contributed by atoms with Gasteiger partial charge >= 0.3 is 6.09 Å². The van der Waals surface area contributed by atoms with Crippen LogP contribution in [-0.4, -0.2) is 68.0 Å². The smallest absolute Gasteiger partial charge is 0.409 e. The Hall–Kier alpha value is -3.25. The van der Waals surface area contributed by atoms with E-state index in [2.05, 4.69) is 9.71 Å². The van der Waals surface area contributed by atoms with Crippen LogP contribution in [0.4, 0.5) is 19.3 Å². The summed E-state index contributed by atoms with van der Waals surface area (Å²) in [5.41, 5.74) is 1.36. The van der Waals surface area contributed by atoms with Gasteiger partial charge in [0.2, 0.25) is 10.0 Å². The highest BCUT2D eigenvalue weighted by atomic mass is 32.2. The van der Waals surface area contributed by atoms with Gasteiger partial charge in [0.1, 0.15) is 17.3 Å². The van der Waals surface area contributed by atoms with Crippen molar-refractivity contribution in [2.45, 2.75) is 19.4 Å². The maximum Gasteiger partial charge on any atom is 0.409 e. The van der Waals surface area contributed by atoms with Crippen LogP contribution in [0.25, 0.3) is 16.9 Å². The fourth-order valence-corrected chi connectivity index (χ4v) is 4.56. The zero-order valence-corrected chi connectivity index (χ0v) is 19.7. The number of halogens is 2. The molecule has 1 aliphatic rings. The van der Waals surface area contributed by atoms with E-state index in [1.165, 1.54) is 12.0 Å². The lowest BCUT2D eigenvalue weighted by Gasteiger charge is -2.32. The van der Waals surface area contributed by atoms with Crippen LogP contribution >= 0.6 is 0 Å². The summed E-state index contributed by atoms with van der Waals surface area (Å²) in [4.78, 5) is 18.0. The van der Waals surface area contributed by atoms with Crippen LogP contribution in [0, 0.1) is 18.6 Å². The highest BCUT2D eigenvalue weighted by Crippen LogP contribution is 2.33. The molecule has 0 radical (unpaired) electrons. The Morgan fingerprint density at radius 3 is 2.65 bits per heavy atom. The lowest BCUT2D eigenvalue weighted by Crippen LogP contribution is -2.46. The summed E-state index contributed by atoms with van der Waals surface area (Å²) in [6, 6.07) is 5.45. The number of imidazole rings is 1. The van der Waals surface area contributed by atoms with Crippen LogP contribution in [0.1, 0.15) is 11.3 Å². The molecule has 0 saturated carbocycles. The quantitative estimate of drug-likeness (QED) is 0.585. The van der Waals surface area contributed by atoms with Crippen molar-refractivity contribution < 1.29 is 31.5 Å². The predicted octanol–water partition coefficient (Wildman–Crippen LogP) is 2.97. The van der Waals surface area contributed by atoms with Gasteiger partial charge in [0.05, 0.1) is 55.3 Å². The Morgan fingerprint density at radius 2 is 2.00 bits per heavy atom. The molecule has 12 heteroatoms. The molecule has 1 fully saturated rings. The molecule has 3 aromatic rings. The number of carbonyl (C=O) groups is 1. The third-order valence-corrected chi connectivity index (χ3v) is 6.06. The monoisotopic (exact) mass is 494 g/mol. The van der Waals surface area contributed by atoms with Gasteiger partial charge in [-0.05, 0) is 36.8 Å². The zero-order chi connectivity index (χ0) is 24.6. The summed E-state index contributed by atoms with van der Waals surface area (Å²) >= 11 is 0. The Labute approximate surface area is 195 Å². The molecule has 1 atom stereocenters. The second-order valence-electron chi connectivity index (χ2n) is 8.14. The Balaban J connectivity index is 1.78. The normalized spacial score (nSPS) is 16.6. The van der Waals surface area contributed by atoms with Crippen molar-refractivity contribution in [3.05, 3.63) is 53.4 Å². The number of aromatic nitrogens is 2. The molecule has 34 heavy (non-hydrogen) atoms. The topological polar surface area (TPSA) is 102 Å². The van der Waals surface area contributed by atoms with E-state index in [0.29, 0.717) is 24.5 Å². The van der Waals surface area contributed by atoms with Crippen molar-refractivity contribution in [1.29, 1.82) is 0 Å². The summed E-state index contributed by atoms with van der Waals surface area (Å²) in [6.45, 7) is 2.78. The fourth-order valence-electron chi connectivity index (χ4n) is 4.02. The lowest BCUT2D eigenvalue weighted by atomic mass is 10.0. The van der Waals surface area contributed by atoms with E-state index in [1.54, 1.807) is 16.7 Å². The number of nitrogens with one attached hydrogen (secondary N) is 1. The van der Waals surface area contributed by atoms with Crippen LogP contribution in [0.5, 0.6) is 0 Å². The van der Waals surface area contributed by atoms with Crippen LogP contribution in [0.2, 0.25) is 0 Å². The number of hydrogen-bond donors (Lipinski definition) is 1. The molecule has 182 valence electrons. The molecule has 1 amide bonds. The molecule has 4 rings (SSSR count). The first-order valence-corrected chi connectivity index (χ1v) is 12.3. The zero-order valence-electron chi connectivity index (χ0n) is 18.8. The number of fused-ring (bicyclic) bond motifs is 1. The number of anilines is 1. The SMILES string of the molecule is COC(=O)N1CCO[C@@H](Cc2c(-c3c(F)cc(NS(C)(=O)=O)cc3F)nc3cc(C)ccn23)C1. The summed E-state index contributed by atoms with van der Waals surface area (Å²) in [7, 11) is -2.42. The minimum atomic E-state index is -3.72. The number of hydrogen-bond acceptors (Lipinski definition) is 6. The molecular weight excluding hydrogens is 470 g/mol. The molecule has 3 heterocycles. The average molecular weight is 495 g/mol. The number of amides is 1. The van der Waals surface area contributed by atoms with Gasteiger partial charge in [0, 0.05) is 19.2 Å². The molecule has 9 nitrogen and oxygen atoms in total. The van der Waals surface area contributed by atoms with E-state index in [1.807, 2.05) is 13.0 Å². The van der Waals surface area contributed by atoms with E-state index in [9.17, 15) is 13.2 Å². The van der Waals surface area contributed by atoms with Crippen molar-refractivity contribution in [2.75, 3.05) is 37.8 Å². The largest absolute Gasteiger partial charge is 0.453 e. The third kappa shape index (κ3) is 4.97. The van der Waals surface area contributed by atoms with Crippen molar-refractivity contribution >= 4 is 27.5 Å². The first-order chi connectivity index (χ1) is 16.1. The van der Waals surface area contributed by atoms with E-state index >= 15 is 8.78 Å². The molecule has 0 bridgehead atoms. The van der Waals surface area contributed by atoms with Gasteiger partial charge in [-0.25, -0.2) is 27.0 Å². The molecule has 2 aromatic heterocycles. The molecular formula is C22H24F2N4O5S. The van der Waals surface area contributed by atoms with Gasteiger partial charge in [0.15, 0.2) is 0 Å². The number of benzene rings is 1. The number of sulfonamides is 1. The molecule has 1 saturated heterocycles. The molecule has 1 aliphatic heterocycles. The van der Waals surface area contributed by atoms with Crippen molar-refractivity contribution in [2.24, 2.45) is 0 Å². The number of pyridine rings is 1. The van der Waals surface area contributed by atoms with Gasteiger partial charge < -0.3 is 18.8 Å². The lowest BCUT2D eigenvalue weighted by molar-refractivity contribution is -0.0241. The Morgan fingerprint density at radius 1 is 1.29 bits per heavy atom. The second kappa shape index (κ2) is 9.18. The minimum Gasteiger partial charge on any atom is -0.453 e. The number of aryl methyl sites for hydroxylation is 1. The molecule has 0 spiro atoms. The van der Waals surface area contributed by atoms with Crippen LogP contribution in [0.3, 0.4) is 0 Å². The highest BCUT2D eigenvalue weighted by molar-refractivity contribution is 7.92. The number of morpholine rings is 1. The van der Waals surface area contributed by atoms with Gasteiger partial charge in [-0.1, -0.05) is 0 Å². The first kappa shape index (κ1) is 23.9. The number of nitrogens with zero attached hydrogens (tertiary/aromatic N) is 3. The molecule has 0 unspecified atom stereocenters. The summed E-state index contributed by atoms with van der Waals surface area (Å²) in [6.07, 6.45) is 1.93. The number of carbonyl (C=O) groups excluding carboxylic acids is 1. The highest BCUT2D eigenvalue weighted by Gasteiger charge is 2.29. The van der Waals surface area contributed by atoms with Crippen LogP contribution < -0.4 is 4.72 Å². The number of ether oxygens (including phenoxy) is 2. The van der Waals surface area contributed by atoms with Crippen LogP contribution in [0.15, 0.2) is 30.5 Å². The predicted molar refractivity (Wildman–Crippen MR) is 121 cm³/mol. The first-order valence-electron chi connectivity index (χ1n) is 10.4. The minimum absolute atomic E-state index is 0.0743. The van der Waals surface area contributed by atoms with Gasteiger partial charge in [-0.2, -0.15) is 0 Å².